The van der Waals surface area contributed by atoms with E-state index < -0.39 is 41.7 Å². The second kappa shape index (κ2) is 9.95. The first-order chi connectivity index (χ1) is 15.1. The number of ether oxygens (including phenoxy) is 2. The molecular formula is C22H22ClF2NO5S. The summed E-state index contributed by atoms with van der Waals surface area (Å²) in [6.45, 7) is 4.89. The molecule has 1 heterocycles. The van der Waals surface area contributed by atoms with Gasteiger partial charge in [0.1, 0.15) is 5.00 Å². The summed E-state index contributed by atoms with van der Waals surface area (Å²) in [6, 6.07) is 1.25. The number of carbonyl (C=O) groups excluding carboxylic acids is 3. The Kier molecular flexibility index (Phi) is 7.51. The van der Waals surface area contributed by atoms with Gasteiger partial charge in [-0.3, -0.25) is 4.79 Å². The van der Waals surface area contributed by atoms with Crippen molar-refractivity contribution in [2.24, 2.45) is 5.92 Å². The molecule has 1 aliphatic rings. The molecule has 1 amide bonds. The van der Waals surface area contributed by atoms with Crippen LogP contribution in [0.1, 0.15) is 58.3 Å². The van der Waals surface area contributed by atoms with E-state index in [2.05, 4.69) is 12.2 Å². The Morgan fingerprint density at radius 2 is 1.91 bits per heavy atom. The molecule has 2 aromatic rings. The number of amides is 1. The molecule has 0 saturated heterocycles. The quantitative estimate of drug-likeness (QED) is 0.451. The number of anilines is 1. The van der Waals surface area contributed by atoms with Gasteiger partial charge in [-0.2, -0.15) is 0 Å². The molecule has 1 aromatic carbocycles. The van der Waals surface area contributed by atoms with Gasteiger partial charge in [-0.1, -0.05) is 18.5 Å². The average molecular weight is 486 g/mol. The van der Waals surface area contributed by atoms with E-state index in [-0.39, 0.29) is 11.1 Å². The molecule has 172 valence electrons. The van der Waals surface area contributed by atoms with Crippen LogP contribution in [0, 0.1) is 17.6 Å². The van der Waals surface area contributed by atoms with Crippen molar-refractivity contribution in [3.8, 4) is 0 Å². The highest BCUT2D eigenvalue weighted by Gasteiger charge is 2.30. The summed E-state index contributed by atoms with van der Waals surface area (Å²) >= 11 is 7.05. The molecular weight excluding hydrogens is 464 g/mol. The monoisotopic (exact) mass is 485 g/mol. The largest absolute Gasteiger partial charge is 0.459 e. The molecule has 1 aliphatic carbocycles. The normalized spacial score (nSPS) is 15.3. The lowest BCUT2D eigenvalue weighted by Gasteiger charge is -2.18. The van der Waals surface area contributed by atoms with Gasteiger partial charge in [0.25, 0.3) is 5.91 Å². The molecule has 1 unspecified atom stereocenters. The van der Waals surface area contributed by atoms with Crippen LogP contribution in [0.15, 0.2) is 12.1 Å². The van der Waals surface area contributed by atoms with Crippen LogP contribution in [-0.4, -0.2) is 30.6 Å². The van der Waals surface area contributed by atoms with Crippen LogP contribution < -0.4 is 5.32 Å². The van der Waals surface area contributed by atoms with Gasteiger partial charge in [-0.15, -0.1) is 11.3 Å². The van der Waals surface area contributed by atoms with Gasteiger partial charge in [0.15, 0.2) is 18.2 Å². The van der Waals surface area contributed by atoms with E-state index >= 15 is 0 Å². The van der Waals surface area contributed by atoms with Crippen LogP contribution in [0.2, 0.25) is 5.02 Å². The Morgan fingerprint density at radius 3 is 2.59 bits per heavy atom. The predicted molar refractivity (Wildman–Crippen MR) is 116 cm³/mol. The Morgan fingerprint density at radius 1 is 1.22 bits per heavy atom. The molecule has 0 saturated carbocycles. The van der Waals surface area contributed by atoms with Gasteiger partial charge >= 0.3 is 11.9 Å². The number of benzene rings is 1. The minimum Gasteiger partial charge on any atom is -0.459 e. The van der Waals surface area contributed by atoms with Crippen molar-refractivity contribution in [3.05, 3.63) is 50.4 Å². The molecule has 6 nitrogen and oxygen atoms in total. The Labute approximate surface area is 192 Å². The lowest BCUT2D eigenvalue weighted by atomic mass is 9.88. The lowest BCUT2D eigenvalue weighted by molar-refractivity contribution is -0.119. The van der Waals surface area contributed by atoms with E-state index in [1.165, 1.54) is 11.3 Å². The zero-order valence-electron chi connectivity index (χ0n) is 17.7. The van der Waals surface area contributed by atoms with Gasteiger partial charge in [0.05, 0.1) is 22.3 Å². The standard InChI is InChI=1S/C22H22ClF2NO5S/c1-10(2)31-22(29)19-12-5-4-11(3)6-17(12)32-20(19)26-18(27)9-30-21(28)13-7-15(24)16(25)8-14(13)23/h7-8,10-11H,4-6,9H2,1-3H3,(H,26,27). The van der Waals surface area contributed by atoms with Gasteiger partial charge in [0, 0.05) is 4.88 Å². The zero-order valence-corrected chi connectivity index (χ0v) is 19.3. The minimum absolute atomic E-state index is 0.328. The fraction of sp³-hybridized carbons (Fsp3) is 0.409. The molecule has 0 fully saturated rings. The molecule has 1 atom stereocenters. The first kappa shape index (κ1) is 24.1. The highest BCUT2D eigenvalue weighted by atomic mass is 35.5. The lowest BCUT2D eigenvalue weighted by Crippen LogP contribution is -2.22. The summed E-state index contributed by atoms with van der Waals surface area (Å²) in [7, 11) is 0. The van der Waals surface area contributed by atoms with Crippen LogP contribution in [-0.2, 0) is 27.1 Å². The number of esters is 2. The molecule has 1 aromatic heterocycles. The molecule has 32 heavy (non-hydrogen) atoms. The summed E-state index contributed by atoms with van der Waals surface area (Å²) < 4.78 is 36.8. The van der Waals surface area contributed by atoms with E-state index in [1.54, 1.807) is 13.8 Å². The predicted octanol–water partition coefficient (Wildman–Crippen LogP) is 5.17. The number of hydrogen-bond acceptors (Lipinski definition) is 6. The van der Waals surface area contributed by atoms with Crippen molar-refractivity contribution in [2.75, 3.05) is 11.9 Å². The molecule has 0 radical (unpaired) electrons. The number of nitrogens with one attached hydrogen (secondary N) is 1. The smallest absolute Gasteiger partial charge is 0.341 e. The highest BCUT2D eigenvalue weighted by Crippen LogP contribution is 2.40. The third-order valence-corrected chi connectivity index (χ3v) is 6.36. The fourth-order valence-corrected chi connectivity index (χ4v) is 5.02. The summed E-state index contributed by atoms with van der Waals surface area (Å²) in [6.07, 6.45) is 2.09. The Balaban J connectivity index is 1.74. The van der Waals surface area contributed by atoms with Crippen LogP contribution in [0.5, 0.6) is 0 Å². The molecule has 3 rings (SSSR count). The number of rotatable bonds is 6. The topological polar surface area (TPSA) is 81.7 Å². The van der Waals surface area contributed by atoms with Crippen molar-refractivity contribution in [1.82, 2.24) is 0 Å². The Bertz CT molecular complexity index is 1070. The summed E-state index contributed by atoms with van der Waals surface area (Å²) in [5.74, 6) is -4.31. The Hall–Kier alpha value is -2.52. The maximum atomic E-state index is 13.4. The molecule has 1 N–H and O–H groups in total. The van der Waals surface area contributed by atoms with Crippen molar-refractivity contribution in [2.45, 2.75) is 46.1 Å². The molecule has 0 spiro atoms. The molecule has 0 aliphatic heterocycles. The summed E-state index contributed by atoms with van der Waals surface area (Å²) in [4.78, 5) is 38.3. The van der Waals surface area contributed by atoms with Crippen LogP contribution in [0.3, 0.4) is 0 Å². The van der Waals surface area contributed by atoms with Crippen molar-refractivity contribution >= 4 is 45.8 Å². The van der Waals surface area contributed by atoms with E-state index in [0.29, 0.717) is 35.0 Å². The number of halogens is 3. The van der Waals surface area contributed by atoms with Crippen LogP contribution in [0.25, 0.3) is 0 Å². The second-order valence-electron chi connectivity index (χ2n) is 7.88. The SMILES string of the molecule is CC1CCc2c(sc(NC(=O)COC(=O)c3cc(F)c(F)cc3Cl)c2C(=O)OC(C)C)C1. The van der Waals surface area contributed by atoms with E-state index in [9.17, 15) is 23.2 Å². The zero-order chi connectivity index (χ0) is 23.6. The minimum atomic E-state index is -1.27. The van der Waals surface area contributed by atoms with Crippen LogP contribution >= 0.6 is 22.9 Å². The second-order valence-corrected chi connectivity index (χ2v) is 9.39. The summed E-state index contributed by atoms with van der Waals surface area (Å²) in [5.41, 5.74) is 0.800. The average Bonchev–Trinajstić information content (AvgIpc) is 3.05. The highest BCUT2D eigenvalue weighted by molar-refractivity contribution is 7.17. The third-order valence-electron chi connectivity index (χ3n) is 4.88. The fourth-order valence-electron chi connectivity index (χ4n) is 3.38. The van der Waals surface area contributed by atoms with Gasteiger partial charge in [-0.25, -0.2) is 18.4 Å². The van der Waals surface area contributed by atoms with Crippen molar-refractivity contribution < 1.29 is 32.6 Å². The van der Waals surface area contributed by atoms with E-state index in [4.69, 9.17) is 21.1 Å². The third kappa shape index (κ3) is 5.45. The first-order valence-electron chi connectivity index (χ1n) is 10.0. The van der Waals surface area contributed by atoms with Gasteiger partial charge in [-0.05, 0) is 56.7 Å². The van der Waals surface area contributed by atoms with E-state index in [0.717, 1.165) is 23.3 Å². The maximum absolute atomic E-state index is 13.4. The number of thiophene rings is 1. The van der Waals surface area contributed by atoms with Crippen molar-refractivity contribution in [1.29, 1.82) is 0 Å². The number of fused-ring (bicyclic) bond motifs is 1. The van der Waals surface area contributed by atoms with Gasteiger partial charge in [0.2, 0.25) is 0 Å². The molecule has 0 bridgehead atoms. The van der Waals surface area contributed by atoms with Crippen molar-refractivity contribution in [3.63, 3.8) is 0 Å². The molecule has 10 heteroatoms. The maximum Gasteiger partial charge on any atom is 0.341 e. The number of carbonyl (C=O) groups is 3. The van der Waals surface area contributed by atoms with E-state index in [1.807, 2.05) is 0 Å². The van der Waals surface area contributed by atoms with Crippen LogP contribution in [0.4, 0.5) is 13.8 Å². The summed E-state index contributed by atoms with van der Waals surface area (Å²) in [5, 5.41) is 2.61. The first-order valence-corrected chi connectivity index (χ1v) is 11.2. The number of hydrogen-bond donors (Lipinski definition) is 1. The van der Waals surface area contributed by atoms with Gasteiger partial charge < -0.3 is 14.8 Å².